The zero-order chi connectivity index (χ0) is 14.6. The van der Waals surface area contributed by atoms with Gasteiger partial charge in [-0.3, -0.25) is 4.68 Å². The summed E-state index contributed by atoms with van der Waals surface area (Å²) in [6.45, 7) is 2.01. The fourth-order valence-corrected chi connectivity index (χ4v) is 4.43. The third kappa shape index (κ3) is 2.12. The van der Waals surface area contributed by atoms with Gasteiger partial charge in [0, 0.05) is 17.3 Å². The number of aromatic nitrogens is 3. The van der Waals surface area contributed by atoms with Gasteiger partial charge in [-0.25, -0.2) is 4.98 Å². The molecule has 108 valence electrons. The average Bonchev–Trinajstić information content (AvgIpc) is 3.06. The van der Waals surface area contributed by atoms with Crippen molar-refractivity contribution < 1.29 is 0 Å². The second-order valence-electron chi connectivity index (χ2n) is 5.47. The van der Waals surface area contributed by atoms with E-state index in [1.807, 2.05) is 24.9 Å². The van der Waals surface area contributed by atoms with Crippen molar-refractivity contribution in [1.29, 1.82) is 0 Å². The first kappa shape index (κ1) is 13.1. The van der Waals surface area contributed by atoms with E-state index in [1.54, 1.807) is 11.3 Å². The van der Waals surface area contributed by atoms with Crippen LogP contribution in [0.4, 0.5) is 5.69 Å². The van der Waals surface area contributed by atoms with Crippen LogP contribution in [0.25, 0.3) is 11.0 Å². The monoisotopic (exact) mass is 318 g/mol. The number of hydrogen-bond acceptors (Lipinski definition) is 4. The van der Waals surface area contributed by atoms with E-state index in [9.17, 15) is 0 Å². The largest absolute Gasteiger partial charge is 0.377 e. The second kappa shape index (κ2) is 4.71. The Labute approximate surface area is 131 Å². The Morgan fingerprint density at radius 3 is 3.14 bits per heavy atom. The molecular weight excluding hydrogens is 304 g/mol. The smallest absolute Gasteiger partial charge is 0.157 e. The van der Waals surface area contributed by atoms with Crippen molar-refractivity contribution in [3.63, 3.8) is 0 Å². The number of thiophene rings is 1. The third-order valence-corrected chi connectivity index (χ3v) is 5.39. The van der Waals surface area contributed by atoms with Gasteiger partial charge in [0.25, 0.3) is 0 Å². The highest BCUT2D eigenvalue weighted by atomic mass is 35.5. The van der Waals surface area contributed by atoms with Crippen LogP contribution in [0.5, 0.6) is 0 Å². The first-order chi connectivity index (χ1) is 10.1. The summed E-state index contributed by atoms with van der Waals surface area (Å²) in [6.07, 6.45) is 4.10. The molecule has 1 aliphatic rings. The third-order valence-electron chi connectivity index (χ3n) is 4.05. The molecule has 0 saturated heterocycles. The van der Waals surface area contributed by atoms with Crippen LogP contribution in [0, 0.1) is 6.92 Å². The lowest BCUT2D eigenvalue weighted by Gasteiger charge is -2.14. The van der Waals surface area contributed by atoms with Crippen LogP contribution in [-0.2, 0) is 13.5 Å². The molecular formula is C15H15ClN4S. The molecule has 0 saturated carbocycles. The van der Waals surface area contributed by atoms with Gasteiger partial charge in [-0.2, -0.15) is 5.10 Å². The van der Waals surface area contributed by atoms with Gasteiger partial charge in [0.2, 0.25) is 0 Å². The molecule has 3 aromatic rings. The Morgan fingerprint density at radius 2 is 2.29 bits per heavy atom. The maximum absolute atomic E-state index is 6.12. The van der Waals surface area contributed by atoms with E-state index in [1.165, 1.54) is 10.4 Å². The van der Waals surface area contributed by atoms with Crippen LogP contribution in [0.3, 0.4) is 0 Å². The van der Waals surface area contributed by atoms with Crippen LogP contribution >= 0.6 is 22.9 Å². The Kier molecular flexibility index (Phi) is 2.94. The number of nitrogens with one attached hydrogen (secondary N) is 1. The number of aryl methyl sites for hydroxylation is 3. The van der Waals surface area contributed by atoms with Gasteiger partial charge in [-0.15, -0.1) is 11.3 Å². The fraction of sp³-hybridized carbons (Fsp3) is 0.333. The minimum atomic E-state index is 0.333. The number of halogens is 1. The molecule has 1 N–H and O–H groups in total. The first-order valence-electron chi connectivity index (χ1n) is 6.96. The Balaban J connectivity index is 1.67. The van der Waals surface area contributed by atoms with Gasteiger partial charge in [-0.05, 0) is 37.5 Å². The predicted octanol–water partition coefficient (Wildman–Crippen LogP) is 4.09. The molecule has 0 aliphatic heterocycles. The molecule has 4 nitrogen and oxygen atoms in total. The van der Waals surface area contributed by atoms with Crippen molar-refractivity contribution in [2.75, 3.05) is 5.32 Å². The van der Waals surface area contributed by atoms with E-state index >= 15 is 0 Å². The Bertz CT molecular complexity index is 836. The van der Waals surface area contributed by atoms with E-state index in [4.69, 9.17) is 11.6 Å². The van der Waals surface area contributed by atoms with Crippen molar-refractivity contribution in [3.05, 3.63) is 38.8 Å². The zero-order valence-corrected chi connectivity index (χ0v) is 13.4. The van der Waals surface area contributed by atoms with E-state index in [2.05, 4.69) is 27.5 Å². The van der Waals surface area contributed by atoms with Crippen molar-refractivity contribution >= 4 is 39.7 Å². The predicted molar refractivity (Wildman–Crippen MR) is 87.3 cm³/mol. The van der Waals surface area contributed by atoms with Crippen molar-refractivity contribution in [1.82, 2.24) is 14.8 Å². The summed E-state index contributed by atoms with van der Waals surface area (Å²) in [5.74, 6) is 0. The number of rotatable bonds is 2. The highest BCUT2D eigenvalue weighted by molar-refractivity contribution is 7.16. The molecule has 3 heterocycles. The highest BCUT2D eigenvalue weighted by Crippen LogP contribution is 2.41. The van der Waals surface area contributed by atoms with E-state index in [0.717, 1.165) is 39.6 Å². The summed E-state index contributed by atoms with van der Waals surface area (Å²) in [5, 5.41) is 9.10. The molecule has 0 fully saturated rings. The first-order valence-corrected chi connectivity index (χ1v) is 8.15. The van der Waals surface area contributed by atoms with Crippen molar-refractivity contribution in [2.45, 2.75) is 25.8 Å². The van der Waals surface area contributed by atoms with Gasteiger partial charge in [0.05, 0.1) is 28.0 Å². The van der Waals surface area contributed by atoms with Crippen LogP contribution in [0.1, 0.15) is 28.6 Å². The summed E-state index contributed by atoms with van der Waals surface area (Å²) in [7, 11) is 1.92. The van der Waals surface area contributed by atoms with Crippen LogP contribution in [0.15, 0.2) is 18.3 Å². The van der Waals surface area contributed by atoms with Gasteiger partial charge in [0.15, 0.2) is 5.65 Å². The maximum atomic E-state index is 6.12. The summed E-state index contributed by atoms with van der Waals surface area (Å²) in [5.41, 5.74) is 4.31. The molecule has 0 bridgehead atoms. The summed E-state index contributed by atoms with van der Waals surface area (Å²) in [6, 6.07) is 4.56. The zero-order valence-electron chi connectivity index (χ0n) is 11.9. The van der Waals surface area contributed by atoms with Crippen LogP contribution in [-0.4, -0.2) is 14.8 Å². The summed E-state index contributed by atoms with van der Waals surface area (Å²) >= 11 is 7.81. The standard InChI is InChI=1S/C15H15ClN4S/c1-8-10-5-9(7-17-15(10)20(2)19-8)18-12-3-4-13-11(12)6-14(16)21-13/h5-7,12,18H,3-4H2,1-2H3. The average molecular weight is 319 g/mol. The summed E-state index contributed by atoms with van der Waals surface area (Å²) in [4.78, 5) is 5.93. The molecule has 21 heavy (non-hydrogen) atoms. The van der Waals surface area contributed by atoms with Crippen LogP contribution in [0.2, 0.25) is 4.34 Å². The lowest BCUT2D eigenvalue weighted by atomic mass is 10.1. The highest BCUT2D eigenvalue weighted by Gasteiger charge is 2.25. The molecule has 0 radical (unpaired) electrons. The van der Waals surface area contributed by atoms with E-state index in [0.29, 0.717) is 6.04 Å². The number of anilines is 1. The van der Waals surface area contributed by atoms with Gasteiger partial charge < -0.3 is 5.32 Å². The number of nitrogens with zero attached hydrogens (tertiary/aromatic N) is 3. The molecule has 1 unspecified atom stereocenters. The Morgan fingerprint density at radius 1 is 1.43 bits per heavy atom. The molecule has 0 aromatic carbocycles. The fourth-order valence-electron chi connectivity index (χ4n) is 3.07. The lowest BCUT2D eigenvalue weighted by Crippen LogP contribution is -2.06. The number of hydrogen-bond donors (Lipinski definition) is 1. The topological polar surface area (TPSA) is 42.7 Å². The summed E-state index contributed by atoms with van der Waals surface area (Å²) < 4.78 is 2.70. The molecule has 6 heteroatoms. The molecule has 1 aliphatic carbocycles. The number of fused-ring (bicyclic) bond motifs is 2. The normalized spacial score (nSPS) is 17.4. The Hall–Kier alpha value is -1.59. The van der Waals surface area contributed by atoms with Gasteiger partial charge >= 0.3 is 0 Å². The van der Waals surface area contributed by atoms with Crippen molar-refractivity contribution in [3.8, 4) is 0 Å². The molecule has 0 spiro atoms. The quantitative estimate of drug-likeness (QED) is 0.774. The lowest BCUT2D eigenvalue weighted by molar-refractivity contribution is 0.761. The van der Waals surface area contributed by atoms with Gasteiger partial charge in [-0.1, -0.05) is 11.6 Å². The molecule has 4 rings (SSSR count). The van der Waals surface area contributed by atoms with Gasteiger partial charge in [0.1, 0.15) is 0 Å². The maximum Gasteiger partial charge on any atom is 0.157 e. The second-order valence-corrected chi connectivity index (χ2v) is 7.24. The minimum Gasteiger partial charge on any atom is -0.377 e. The molecule has 0 amide bonds. The van der Waals surface area contributed by atoms with Crippen molar-refractivity contribution in [2.24, 2.45) is 7.05 Å². The van der Waals surface area contributed by atoms with Crippen LogP contribution < -0.4 is 5.32 Å². The molecule has 3 aromatic heterocycles. The minimum absolute atomic E-state index is 0.333. The van der Waals surface area contributed by atoms with E-state index < -0.39 is 0 Å². The van der Waals surface area contributed by atoms with E-state index in [-0.39, 0.29) is 0 Å². The molecule has 1 atom stereocenters. The SMILES string of the molecule is Cc1nn(C)c2ncc(NC3CCc4sc(Cl)cc43)cc12. The number of pyridine rings is 1.